The van der Waals surface area contributed by atoms with Gasteiger partial charge in [0.2, 0.25) is 0 Å². The number of nitrogens with one attached hydrogen (secondary N) is 1. The molecule has 120 valence electrons. The molecule has 0 spiro atoms. The summed E-state index contributed by atoms with van der Waals surface area (Å²) in [7, 11) is 1.65. The molecule has 5 nitrogen and oxygen atoms in total. The highest BCUT2D eigenvalue weighted by Crippen LogP contribution is 2.43. The minimum Gasteiger partial charge on any atom is -0.314 e. The van der Waals surface area contributed by atoms with Gasteiger partial charge in [-0.2, -0.15) is 18.0 Å². The van der Waals surface area contributed by atoms with Crippen LogP contribution in [0.5, 0.6) is 0 Å². The van der Waals surface area contributed by atoms with E-state index in [4.69, 9.17) is 0 Å². The third-order valence-electron chi connectivity index (χ3n) is 4.18. The molecule has 1 aromatic rings. The molecule has 2 rings (SSSR count). The van der Waals surface area contributed by atoms with Gasteiger partial charge in [-0.05, 0) is 30.5 Å². The minimum atomic E-state index is -4.13. The molecule has 3 unspecified atom stereocenters. The van der Waals surface area contributed by atoms with Gasteiger partial charge in [-0.15, -0.1) is 10.2 Å². The lowest BCUT2D eigenvalue weighted by atomic mass is 9.74. The molecular weight excluding hydrogens is 283 g/mol. The molecule has 0 aliphatic heterocycles. The number of aromatic nitrogens is 4. The summed E-state index contributed by atoms with van der Waals surface area (Å²) in [4.78, 5) is 1.33. The summed E-state index contributed by atoms with van der Waals surface area (Å²) >= 11 is 0. The standard InChI is InChI=1S/C13H22F3N5/c1-3-17-11(8-12-18-20-21(2)19-12)9-6-4-5-7-10(9)13(14,15)16/h9-11,17H,3-8H2,1-2H3. The van der Waals surface area contributed by atoms with Crippen molar-refractivity contribution in [3.63, 3.8) is 0 Å². The van der Waals surface area contributed by atoms with Gasteiger partial charge >= 0.3 is 6.18 Å². The molecule has 21 heavy (non-hydrogen) atoms. The molecule has 1 saturated carbocycles. The van der Waals surface area contributed by atoms with Crippen molar-refractivity contribution in [1.29, 1.82) is 0 Å². The van der Waals surface area contributed by atoms with Crippen molar-refractivity contribution in [3.05, 3.63) is 5.82 Å². The summed E-state index contributed by atoms with van der Waals surface area (Å²) in [5.74, 6) is -1.15. The average molecular weight is 305 g/mol. The number of aryl methyl sites for hydroxylation is 1. The number of nitrogens with zero attached hydrogens (tertiary/aromatic N) is 4. The summed E-state index contributed by atoms with van der Waals surface area (Å²) in [6, 6.07) is -0.258. The van der Waals surface area contributed by atoms with Gasteiger partial charge in [-0.1, -0.05) is 19.8 Å². The zero-order valence-electron chi connectivity index (χ0n) is 12.4. The van der Waals surface area contributed by atoms with Crippen LogP contribution < -0.4 is 5.32 Å². The molecule has 1 heterocycles. The van der Waals surface area contributed by atoms with E-state index in [2.05, 4.69) is 20.7 Å². The second-order valence-electron chi connectivity index (χ2n) is 5.66. The monoisotopic (exact) mass is 305 g/mol. The van der Waals surface area contributed by atoms with Crippen LogP contribution in [0.15, 0.2) is 0 Å². The van der Waals surface area contributed by atoms with Gasteiger partial charge in [0.25, 0.3) is 0 Å². The van der Waals surface area contributed by atoms with Crippen LogP contribution >= 0.6 is 0 Å². The molecule has 0 aromatic carbocycles. The van der Waals surface area contributed by atoms with Gasteiger partial charge in [-0.3, -0.25) is 0 Å². The first kappa shape index (κ1) is 16.2. The van der Waals surface area contributed by atoms with Gasteiger partial charge in [0.05, 0.1) is 13.0 Å². The lowest BCUT2D eigenvalue weighted by Gasteiger charge is -2.38. The lowest BCUT2D eigenvalue weighted by Crippen LogP contribution is -2.47. The van der Waals surface area contributed by atoms with Crippen LogP contribution in [0.2, 0.25) is 0 Å². The Kier molecular flexibility index (Phi) is 5.18. The van der Waals surface area contributed by atoms with Crippen LogP contribution in [0.4, 0.5) is 13.2 Å². The highest BCUT2D eigenvalue weighted by Gasteiger charge is 2.47. The van der Waals surface area contributed by atoms with E-state index >= 15 is 0 Å². The van der Waals surface area contributed by atoms with Crippen LogP contribution in [-0.2, 0) is 13.5 Å². The second kappa shape index (κ2) is 6.72. The van der Waals surface area contributed by atoms with Crippen molar-refractivity contribution >= 4 is 0 Å². The van der Waals surface area contributed by atoms with E-state index in [-0.39, 0.29) is 12.5 Å². The van der Waals surface area contributed by atoms with E-state index in [0.29, 0.717) is 31.6 Å². The van der Waals surface area contributed by atoms with Gasteiger partial charge in [0, 0.05) is 12.5 Å². The van der Waals surface area contributed by atoms with Gasteiger partial charge in [-0.25, -0.2) is 0 Å². The SMILES string of the molecule is CCNC(Cc1nnn(C)n1)C1CCCCC1C(F)(F)F. The van der Waals surface area contributed by atoms with Crippen molar-refractivity contribution in [2.75, 3.05) is 6.54 Å². The number of likely N-dealkylation sites (N-methyl/N-ethyl adjacent to an activating group) is 1. The summed E-state index contributed by atoms with van der Waals surface area (Å²) < 4.78 is 39.8. The molecule has 0 radical (unpaired) electrons. The first-order valence-electron chi connectivity index (χ1n) is 7.44. The van der Waals surface area contributed by atoms with Crippen molar-refractivity contribution in [3.8, 4) is 0 Å². The number of halogens is 3. The molecule has 8 heteroatoms. The van der Waals surface area contributed by atoms with Crippen LogP contribution in [0.3, 0.4) is 0 Å². The Morgan fingerprint density at radius 2 is 2.05 bits per heavy atom. The van der Waals surface area contributed by atoms with Crippen LogP contribution in [0.1, 0.15) is 38.4 Å². The molecule has 1 N–H and O–H groups in total. The van der Waals surface area contributed by atoms with Crippen molar-refractivity contribution in [1.82, 2.24) is 25.5 Å². The molecule has 1 aromatic heterocycles. The number of hydrogen-bond donors (Lipinski definition) is 1. The van der Waals surface area contributed by atoms with E-state index in [0.717, 1.165) is 6.42 Å². The lowest BCUT2D eigenvalue weighted by molar-refractivity contribution is -0.199. The molecule has 1 aliphatic rings. The molecule has 1 aliphatic carbocycles. The minimum absolute atomic E-state index is 0.226. The third-order valence-corrected chi connectivity index (χ3v) is 4.18. The first-order chi connectivity index (χ1) is 9.91. The second-order valence-corrected chi connectivity index (χ2v) is 5.66. The van der Waals surface area contributed by atoms with E-state index in [1.165, 1.54) is 4.80 Å². The quantitative estimate of drug-likeness (QED) is 0.905. The van der Waals surface area contributed by atoms with Crippen LogP contribution in [0.25, 0.3) is 0 Å². The molecule has 0 amide bonds. The Bertz CT molecular complexity index is 445. The maximum Gasteiger partial charge on any atom is 0.392 e. The molecule has 3 atom stereocenters. The number of alkyl halides is 3. The fourth-order valence-corrected chi connectivity index (χ4v) is 3.29. The van der Waals surface area contributed by atoms with Crippen molar-refractivity contribution in [2.45, 2.75) is 51.2 Å². The van der Waals surface area contributed by atoms with Crippen LogP contribution in [0, 0.1) is 11.8 Å². The van der Waals surface area contributed by atoms with Crippen LogP contribution in [-0.4, -0.2) is 39.0 Å². The molecule has 1 fully saturated rings. The maximum absolute atomic E-state index is 13.3. The first-order valence-corrected chi connectivity index (χ1v) is 7.44. The molecule has 0 bridgehead atoms. The fourth-order valence-electron chi connectivity index (χ4n) is 3.29. The number of rotatable bonds is 5. The highest BCUT2D eigenvalue weighted by atomic mass is 19.4. The molecular formula is C13H22F3N5. The number of hydrogen-bond acceptors (Lipinski definition) is 4. The predicted molar refractivity (Wildman–Crippen MR) is 71.5 cm³/mol. The van der Waals surface area contributed by atoms with E-state index in [1.54, 1.807) is 7.05 Å². The fraction of sp³-hybridized carbons (Fsp3) is 0.923. The van der Waals surface area contributed by atoms with E-state index < -0.39 is 18.0 Å². The largest absolute Gasteiger partial charge is 0.392 e. The van der Waals surface area contributed by atoms with Gasteiger partial charge < -0.3 is 5.32 Å². The van der Waals surface area contributed by atoms with Crippen molar-refractivity contribution in [2.24, 2.45) is 18.9 Å². The number of tetrazole rings is 1. The topological polar surface area (TPSA) is 55.6 Å². The Labute approximate surface area is 122 Å². The Morgan fingerprint density at radius 1 is 1.33 bits per heavy atom. The summed E-state index contributed by atoms with van der Waals surface area (Å²) in [5, 5.41) is 14.9. The molecule has 0 saturated heterocycles. The third kappa shape index (κ3) is 4.15. The Balaban J connectivity index is 2.14. The Morgan fingerprint density at radius 3 is 2.62 bits per heavy atom. The smallest absolute Gasteiger partial charge is 0.314 e. The summed E-state index contributed by atoms with van der Waals surface area (Å²) in [6.07, 6.45) is -1.41. The van der Waals surface area contributed by atoms with E-state index in [1.807, 2.05) is 6.92 Å². The summed E-state index contributed by atoms with van der Waals surface area (Å²) in [5.41, 5.74) is 0. The highest BCUT2D eigenvalue weighted by molar-refractivity contribution is 4.93. The normalized spacial score (nSPS) is 25.0. The van der Waals surface area contributed by atoms with E-state index in [9.17, 15) is 13.2 Å². The predicted octanol–water partition coefficient (Wildman–Crippen LogP) is 2.10. The maximum atomic E-state index is 13.3. The van der Waals surface area contributed by atoms with Gasteiger partial charge in [0.15, 0.2) is 5.82 Å². The van der Waals surface area contributed by atoms with Crippen molar-refractivity contribution < 1.29 is 13.2 Å². The van der Waals surface area contributed by atoms with Gasteiger partial charge in [0.1, 0.15) is 0 Å². The summed E-state index contributed by atoms with van der Waals surface area (Å²) in [6.45, 7) is 2.54. The zero-order valence-corrected chi connectivity index (χ0v) is 12.4. The zero-order chi connectivity index (χ0) is 15.5. The Hall–Kier alpha value is -1.18. The average Bonchev–Trinajstić information content (AvgIpc) is 2.83.